The molecule has 0 aliphatic heterocycles. The van der Waals surface area contributed by atoms with Gasteiger partial charge in [-0.3, -0.25) is 0 Å². The smallest absolute Gasteiger partial charge is 0.127 e. The van der Waals surface area contributed by atoms with Crippen molar-refractivity contribution in [2.45, 2.75) is 0 Å². The van der Waals surface area contributed by atoms with Gasteiger partial charge in [-0.2, -0.15) is 0 Å². The van der Waals surface area contributed by atoms with E-state index in [1.165, 1.54) is 13.3 Å². The number of methoxy groups -OCH3 is 1. The third-order valence-electron chi connectivity index (χ3n) is 1.39. The standard InChI is InChI=1S/C8H8ClNO2/c1-12-8-3-2-7(9)4-6(8)5-10-11/h2-5,11H,1H3/b10-5-. The van der Waals surface area contributed by atoms with Crippen LogP contribution in [-0.4, -0.2) is 18.5 Å². The van der Waals surface area contributed by atoms with Crippen LogP contribution in [0.3, 0.4) is 0 Å². The Balaban J connectivity index is 3.12. The number of oxime groups is 1. The summed E-state index contributed by atoms with van der Waals surface area (Å²) in [5.74, 6) is 0.622. The highest BCUT2D eigenvalue weighted by Crippen LogP contribution is 2.20. The van der Waals surface area contributed by atoms with Crippen LogP contribution in [0.1, 0.15) is 5.56 Å². The molecule has 0 aliphatic carbocycles. The van der Waals surface area contributed by atoms with Crippen molar-refractivity contribution in [3.63, 3.8) is 0 Å². The number of nitrogens with zero attached hydrogens (tertiary/aromatic N) is 1. The molecular weight excluding hydrogens is 178 g/mol. The Labute approximate surface area is 75.2 Å². The van der Waals surface area contributed by atoms with E-state index in [9.17, 15) is 0 Å². The van der Waals surface area contributed by atoms with Crippen LogP contribution in [-0.2, 0) is 0 Å². The first-order valence-corrected chi connectivity index (χ1v) is 3.66. The molecule has 1 aromatic carbocycles. The number of hydrogen-bond acceptors (Lipinski definition) is 3. The van der Waals surface area contributed by atoms with E-state index in [0.29, 0.717) is 16.3 Å². The maximum atomic E-state index is 8.30. The van der Waals surface area contributed by atoms with E-state index >= 15 is 0 Å². The zero-order valence-electron chi connectivity index (χ0n) is 6.49. The lowest BCUT2D eigenvalue weighted by Gasteiger charge is -2.02. The van der Waals surface area contributed by atoms with E-state index in [-0.39, 0.29) is 0 Å². The third kappa shape index (κ3) is 1.89. The monoisotopic (exact) mass is 185 g/mol. The van der Waals surface area contributed by atoms with Crippen LogP contribution in [0.4, 0.5) is 0 Å². The lowest BCUT2D eigenvalue weighted by atomic mass is 10.2. The van der Waals surface area contributed by atoms with Gasteiger partial charge in [0.25, 0.3) is 0 Å². The van der Waals surface area contributed by atoms with Crippen LogP contribution in [0.2, 0.25) is 5.02 Å². The van der Waals surface area contributed by atoms with Gasteiger partial charge in [-0.25, -0.2) is 0 Å². The van der Waals surface area contributed by atoms with Crippen molar-refractivity contribution in [2.24, 2.45) is 5.16 Å². The second-order valence-electron chi connectivity index (χ2n) is 2.13. The molecule has 0 aliphatic rings. The first kappa shape index (κ1) is 8.87. The molecule has 0 saturated carbocycles. The van der Waals surface area contributed by atoms with Gasteiger partial charge in [0.15, 0.2) is 0 Å². The Hall–Kier alpha value is -1.22. The van der Waals surface area contributed by atoms with E-state index in [0.717, 1.165) is 0 Å². The summed E-state index contributed by atoms with van der Waals surface area (Å²) in [6.45, 7) is 0. The molecule has 0 saturated heterocycles. The van der Waals surface area contributed by atoms with Gasteiger partial charge in [-0.05, 0) is 18.2 Å². The average Bonchev–Trinajstić information content (AvgIpc) is 2.05. The molecule has 0 amide bonds. The Morgan fingerprint density at radius 3 is 2.92 bits per heavy atom. The zero-order chi connectivity index (χ0) is 8.97. The van der Waals surface area contributed by atoms with Gasteiger partial charge < -0.3 is 9.94 Å². The molecule has 1 N–H and O–H groups in total. The normalized spacial score (nSPS) is 10.5. The second-order valence-corrected chi connectivity index (χ2v) is 2.57. The van der Waals surface area contributed by atoms with Gasteiger partial charge in [0, 0.05) is 10.6 Å². The van der Waals surface area contributed by atoms with Crippen molar-refractivity contribution in [2.75, 3.05) is 7.11 Å². The fraction of sp³-hybridized carbons (Fsp3) is 0.125. The highest BCUT2D eigenvalue weighted by Gasteiger charge is 2.00. The lowest BCUT2D eigenvalue weighted by Crippen LogP contribution is -1.90. The second kappa shape index (κ2) is 3.97. The van der Waals surface area contributed by atoms with Gasteiger partial charge in [-0.15, -0.1) is 0 Å². The van der Waals surface area contributed by atoms with E-state index in [1.54, 1.807) is 18.2 Å². The maximum absolute atomic E-state index is 8.30. The third-order valence-corrected chi connectivity index (χ3v) is 1.62. The summed E-state index contributed by atoms with van der Waals surface area (Å²) in [6, 6.07) is 5.06. The molecule has 64 valence electrons. The Bertz CT molecular complexity index is 299. The number of hydrogen-bond donors (Lipinski definition) is 1. The first-order valence-electron chi connectivity index (χ1n) is 3.29. The van der Waals surface area contributed by atoms with Gasteiger partial charge in [-0.1, -0.05) is 16.8 Å². The Kier molecular flexibility index (Phi) is 2.94. The summed E-state index contributed by atoms with van der Waals surface area (Å²) in [4.78, 5) is 0. The number of ether oxygens (including phenoxy) is 1. The van der Waals surface area contributed by atoms with Crippen molar-refractivity contribution in [1.82, 2.24) is 0 Å². The molecule has 1 aromatic rings. The molecule has 12 heavy (non-hydrogen) atoms. The summed E-state index contributed by atoms with van der Waals surface area (Å²) in [7, 11) is 1.54. The quantitative estimate of drug-likeness (QED) is 0.436. The molecule has 0 atom stereocenters. The van der Waals surface area contributed by atoms with E-state index < -0.39 is 0 Å². The van der Waals surface area contributed by atoms with Crippen molar-refractivity contribution in [3.05, 3.63) is 28.8 Å². The predicted molar refractivity (Wildman–Crippen MR) is 47.4 cm³/mol. The molecule has 0 heterocycles. The summed E-state index contributed by atoms with van der Waals surface area (Å²) in [6.07, 6.45) is 1.27. The fourth-order valence-electron chi connectivity index (χ4n) is 0.868. The predicted octanol–water partition coefficient (Wildman–Crippen LogP) is 2.16. The van der Waals surface area contributed by atoms with E-state index in [2.05, 4.69) is 5.16 Å². The van der Waals surface area contributed by atoms with E-state index in [4.69, 9.17) is 21.5 Å². The average molecular weight is 186 g/mol. The lowest BCUT2D eigenvalue weighted by molar-refractivity contribution is 0.321. The minimum absolute atomic E-state index is 0.575. The molecule has 4 heteroatoms. The van der Waals surface area contributed by atoms with Gasteiger partial charge in [0.2, 0.25) is 0 Å². The SMILES string of the molecule is COc1ccc(Cl)cc1/C=N\O. The molecule has 1 rings (SSSR count). The molecule has 0 unspecified atom stereocenters. The van der Waals surface area contributed by atoms with Crippen molar-refractivity contribution >= 4 is 17.8 Å². The zero-order valence-corrected chi connectivity index (χ0v) is 7.25. The summed E-state index contributed by atoms with van der Waals surface area (Å²) < 4.78 is 4.99. The molecule has 0 fully saturated rings. The fourth-order valence-corrected chi connectivity index (χ4v) is 1.05. The molecule has 0 radical (unpaired) electrons. The summed E-state index contributed by atoms with van der Waals surface area (Å²) >= 11 is 5.71. The molecule has 3 nitrogen and oxygen atoms in total. The Morgan fingerprint density at radius 1 is 1.58 bits per heavy atom. The number of rotatable bonds is 2. The van der Waals surface area contributed by atoms with Crippen LogP contribution < -0.4 is 4.74 Å². The first-order chi connectivity index (χ1) is 5.77. The minimum Gasteiger partial charge on any atom is -0.496 e. The highest BCUT2D eigenvalue weighted by atomic mass is 35.5. The topological polar surface area (TPSA) is 41.8 Å². The summed E-state index contributed by atoms with van der Waals surface area (Å²) in [5.41, 5.74) is 0.646. The largest absolute Gasteiger partial charge is 0.496 e. The number of benzene rings is 1. The maximum Gasteiger partial charge on any atom is 0.127 e. The van der Waals surface area contributed by atoms with E-state index in [1.807, 2.05) is 0 Å². The van der Waals surface area contributed by atoms with Gasteiger partial charge >= 0.3 is 0 Å². The van der Waals surface area contributed by atoms with Crippen LogP contribution in [0.25, 0.3) is 0 Å². The summed E-state index contributed by atoms with van der Waals surface area (Å²) in [5, 5.41) is 11.8. The van der Waals surface area contributed by atoms with Crippen molar-refractivity contribution in [3.8, 4) is 5.75 Å². The van der Waals surface area contributed by atoms with Gasteiger partial charge in [0.05, 0.1) is 13.3 Å². The number of halogens is 1. The highest BCUT2D eigenvalue weighted by molar-refractivity contribution is 6.30. The van der Waals surface area contributed by atoms with Crippen molar-refractivity contribution < 1.29 is 9.94 Å². The van der Waals surface area contributed by atoms with Crippen molar-refractivity contribution in [1.29, 1.82) is 0 Å². The molecule has 0 bridgehead atoms. The van der Waals surface area contributed by atoms with Crippen LogP contribution >= 0.6 is 11.6 Å². The Morgan fingerprint density at radius 2 is 2.33 bits per heavy atom. The van der Waals surface area contributed by atoms with Crippen LogP contribution in [0.15, 0.2) is 23.4 Å². The molecule has 0 aromatic heterocycles. The van der Waals surface area contributed by atoms with Crippen LogP contribution in [0.5, 0.6) is 5.75 Å². The molecular formula is C8H8ClNO2. The van der Waals surface area contributed by atoms with Crippen LogP contribution in [0, 0.1) is 0 Å². The molecule has 0 spiro atoms. The van der Waals surface area contributed by atoms with Gasteiger partial charge in [0.1, 0.15) is 5.75 Å². The minimum atomic E-state index is 0.575.